The van der Waals surface area contributed by atoms with Crippen LogP contribution in [0.1, 0.15) is 10.4 Å². The van der Waals surface area contributed by atoms with Crippen LogP contribution in [0.4, 0.5) is 5.69 Å². The van der Waals surface area contributed by atoms with Gasteiger partial charge in [0, 0.05) is 72.8 Å². The molecule has 28 heavy (non-hydrogen) atoms. The SMILES string of the molecule is O=C(NCC1CN2CCN1CC2)c1ccc(Sc2ccc([N+](=O)[O-])cc2)cc1. The molecular weight excluding hydrogens is 376 g/mol. The normalized spacial score (nSPS) is 23.4. The first-order chi connectivity index (χ1) is 13.6. The van der Waals surface area contributed by atoms with Crippen molar-refractivity contribution in [2.75, 3.05) is 39.3 Å². The summed E-state index contributed by atoms with van der Waals surface area (Å²) in [6, 6.07) is 14.3. The fourth-order valence-electron chi connectivity index (χ4n) is 3.68. The summed E-state index contributed by atoms with van der Waals surface area (Å²) in [4.78, 5) is 29.6. The van der Waals surface area contributed by atoms with E-state index in [0.717, 1.165) is 42.5 Å². The summed E-state index contributed by atoms with van der Waals surface area (Å²) in [5.41, 5.74) is 0.722. The maximum absolute atomic E-state index is 12.5. The first-order valence-corrected chi connectivity index (χ1v) is 10.2. The van der Waals surface area contributed by atoms with Crippen molar-refractivity contribution < 1.29 is 9.72 Å². The Morgan fingerprint density at radius 1 is 1.04 bits per heavy atom. The highest BCUT2D eigenvalue weighted by Gasteiger charge is 2.31. The van der Waals surface area contributed by atoms with Gasteiger partial charge in [0.25, 0.3) is 11.6 Å². The Morgan fingerprint density at radius 2 is 1.64 bits per heavy atom. The van der Waals surface area contributed by atoms with Gasteiger partial charge in [0.2, 0.25) is 0 Å². The van der Waals surface area contributed by atoms with Gasteiger partial charge in [-0.3, -0.25) is 24.7 Å². The van der Waals surface area contributed by atoms with Gasteiger partial charge in [-0.25, -0.2) is 0 Å². The van der Waals surface area contributed by atoms with Gasteiger partial charge < -0.3 is 5.32 Å². The average Bonchev–Trinajstić information content (AvgIpc) is 2.74. The Labute approximate surface area is 167 Å². The number of hydrogen-bond donors (Lipinski definition) is 1. The molecule has 1 N–H and O–H groups in total. The van der Waals surface area contributed by atoms with E-state index in [1.807, 2.05) is 24.3 Å². The Morgan fingerprint density at radius 3 is 2.18 bits per heavy atom. The van der Waals surface area contributed by atoms with Crippen molar-refractivity contribution in [2.24, 2.45) is 0 Å². The van der Waals surface area contributed by atoms with Crippen molar-refractivity contribution in [3.8, 4) is 0 Å². The lowest BCUT2D eigenvalue weighted by molar-refractivity contribution is -0.384. The fourth-order valence-corrected chi connectivity index (χ4v) is 4.49. The largest absolute Gasteiger partial charge is 0.350 e. The number of rotatable bonds is 6. The van der Waals surface area contributed by atoms with Gasteiger partial charge in [0.15, 0.2) is 0 Å². The van der Waals surface area contributed by atoms with E-state index >= 15 is 0 Å². The molecule has 2 aromatic rings. The second-order valence-corrected chi connectivity index (χ2v) is 8.22. The summed E-state index contributed by atoms with van der Waals surface area (Å²) in [6.45, 7) is 6.17. The number of carbonyl (C=O) groups is 1. The van der Waals surface area contributed by atoms with Crippen molar-refractivity contribution in [1.29, 1.82) is 0 Å². The molecule has 3 aliphatic rings. The van der Waals surface area contributed by atoms with Gasteiger partial charge in [0.1, 0.15) is 0 Å². The minimum atomic E-state index is -0.408. The van der Waals surface area contributed by atoms with E-state index < -0.39 is 4.92 Å². The molecule has 7 nitrogen and oxygen atoms in total. The highest BCUT2D eigenvalue weighted by atomic mass is 32.2. The highest BCUT2D eigenvalue weighted by molar-refractivity contribution is 7.99. The zero-order chi connectivity index (χ0) is 19.5. The summed E-state index contributed by atoms with van der Waals surface area (Å²) < 4.78 is 0. The Bertz CT molecular complexity index is 849. The predicted octanol–water partition coefficient (Wildman–Crippen LogP) is 2.48. The summed E-state index contributed by atoms with van der Waals surface area (Å²) in [7, 11) is 0. The van der Waals surface area contributed by atoms with Crippen molar-refractivity contribution in [2.45, 2.75) is 15.8 Å². The average molecular weight is 398 g/mol. The van der Waals surface area contributed by atoms with Gasteiger partial charge in [-0.05, 0) is 36.4 Å². The van der Waals surface area contributed by atoms with Crippen LogP contribution in [0.5, 0.6) is 0 Å². The Kier molecular flexibility index (Phi) is 5.61. The molecule has 0 spiro atoms. The lowest BCUT2D eigenvalue weighted by atomic mass is 10.1. The lowest BCUT2D eigenvalue weighted by Crippen LogP contribution is -2.63. The molecule has 0 saturated carbocycles. The molecule has 146 valence electrons. The lowest BCUT2D eigenvalue weighted by Gasteiger charge is -2.47. The summed E-state index contributed by atoms with van der Waals surface area (Å²) in [5.74, 6) is -0.0514. The molecule has 2 bridgehead atoms. The smallest absolute Gasteiger partial charge is 0.269 e. The number of benzene rings is 2. The molecule has 3 heterocycles. The monoisotopic (exact) mass is 398 g/mol. The molecular formula is C20H22N4O3S. The topological polar surface area (TPSA) is 78.7 Å². The zero-order valence-corrected chi connectivity index (χ0v) is 16.2. The van der Waals surface area contributed by atoms with Crippen molar-refractivity contribution in [3.05, 3.63) is 64.2 Å². The van der Waals surface area contributed by atoms with Crippen LogP contribution < -0.4 is 5.32 Å². The summed E-state index contributed by atoms with van der Waals surface area (Å²) in [6.07, 6.45) is 0. The molecule has 3 aliphatic heterocycles. The van der Waals surface area contributed by atoms with Crippen LogP contribution in [0, 0.1) is 10.1 Å². The van der Waals surface area contributed by atoms with Crippen molar-refractivity contribution in [1.82, 2.24) is 15.1 Å². The number of amides is 1. The van der Waals surface area contributed by atoms with Crippen LogP contribution in [-0.4, -0.2) is 65.9 Å². The van der Waals surface area contributed by atoms with Crippen molar-refractivity contribution in [3.63, 3.8) is 0 Å². The molecule has 0 aromatic heterocycles. The van der Waals surface area contributed by atoms with E-state index in [-0.39, 0.29) is 11.6 Å². The molecule has 2 aromatic carbocycles. The van der Waals surface area contributed by atoms with E-state index in [1.54, 1.807) is 12.1 Å². The molecule has 0 aliphatic carbocycles. The van der Waals surface area contributed by atoms with Crippen LogP contribution in [0.25, 0.3) is 0 Å². The minimum Gasteiger partial charge on any atom is -0.350 e. The fraction of sp³-hybridized carbons (Fsp3) is 0.350. The van der Waals surface area contributed by atoms with Crippen LogP contribution in [0.2, 0.25) is 0 Å². The standard InChI is InChI=1S/C20H22N4O3S/c25-20(21-13-17-14-22-9-11-23(17)12-10-22)15-1-5-18(6-2-15)28-19-7-3-16(4-8-19)24(26)27/h1-8,17H,9-14H2,(H,21,25). The quantitative estimate of drug-likeness (QED) is 0.595. The maximum Gasteiger partial charge on any atom is 0.269 e. The number of nitro benzene ring substituents is 1. The second kappa shape index (κ2) is 8.30. The van der Waals surface area contributed by atoms with Crippen LogP contribution in [0.15, 0.2) is 58.3 Å². The van der Waals surface area contributed by atoms with Gasteiger partial charge >= 0.3 is 0 Å². The molecule has 3 saturated heterocycles. The third kappa shape index (κ3) is 4.35. The van der Waals surface area contributed by atoms with Crippen LogP contribution in [-0.2, 0) is 0 Å². The molecule has 1 amide bonds. The third-order valence-electron chi connectivity index (χ3n) is 5.29. The number of carbonyl (C=O) groups excluding carboxylic acids is 1. The van der Waals surface area contributed by atoms with Gasteiger partial charge in [-0.1, -0.05) is 11.8 Å². The van der Waals surface area contributed by atoms with E-state index in [1.165, 1.54) is 23.9 Å². The third-order valence-corrected chi connectivity index (χ3v) is 6.31. The van der Waals surface area contributed by atoms with Gasteiger partial charge in [-0.2, -0.15) is 0 Å². The first kappa shape index (κ1) is 18.9. The van der Waals surface area contributed by atoms with E-state index in [0.29, 0.717) is 18.2 Å². The molecule has 3 fully saturated rings. The van der Waals surface area contributed by atoms with Crippen LogP contribution >= 0.6 is 11.8 Å². The summed E-state index contributed by atoms with van der Waals surface area (Å²) >= 11 is 1.51. The molecule has 0 radical (unpaired) electrons. The number of hydrogen-bond acceptors (Lipinski definition) is 6. The number of nitrogens with one attached hydrogen (secondary N) is 1. The highest BCUT2D eigenvalue weighted by Crippen LogP contribution is 2.29. The second-order valence-electron chi connectivity index (χ2n) is 7.08. The molecule has 8 heteroatoms. The summed E-state index contributed by atoms with van der Waals surface area (Å²) in [5, 5.41) is 13.8. The number of nitrogens with zero attached hydrogens (tertiary/aromatic N) is 3. The van der Waals surface area contributed by atoms with Gasteiger partial charge in [-0.15, -0.1) is 0 Å². The number of fused-ring (bicyclic) bond motifs is 3. The zero-order valence-electron chi connectivity index (χ0n) is 15.4. The number of piperazine rings is 3. The van der Waals surface area contributed by atoms with Crippen LogP contribution in [0.3, 0.4) is 0 Å². The number of nitro groups is 1. The molecule has 5 rings (SSSR count). The van der Waals surface area contributed by atoms with Crippen molar-refractivity contribution >= 4 is 23.4 Å². The molecule has 1 unspecified atom stereocenters. The number of non-ortho nitro benzene ring substituents is 1. The van der Waals surface area contributed by atoms with E-state index in [2.05, 4.69) is 15.1 Å². The predicted molar refractivity (Wildman–Crippen MR) is 108 cm³/mol. The Hall–Kier alpha value is -2.42. The first-order valence-electron chi connectivity index (χ1n) is 9.35. The Balaban J connectivity index is 1.31. The minimum absolute atomic E-state index is 0.0514. The van der Waals surface area contributed by atoms with Gasteiger partial charge in [0.05, 0.1) is 4.92 Å². The maximum atomic E-state index is 12.5. The van der Waals surface area contributed by atoms with E-state index in [9.17, 15) is 14.9 Å². The van der Waals surface area contributed by atoms with E-state index in [4.69, 9.17) is 0 Å². The molecule has 1 atom stereocenters.